The highest BCUT2D eigenvalue weighted by atomic mass is 16.2. The highest BCUT2D eigenvalue weighted by molar-refractivity contribution is 5.92. The zero-order valence-corrected chi connectivity index (χ0v) is 20.7. The summed E-state index contributed by atoms with van der Waals surface area (Å²) in [5.74, 6) is 1.03. The summed E-state index contributed by atoms with van der Waals surface area (Å²) < 4.78 is 1.67. The summed E-state index contributed by atoms with van der Waals surface area (Å²) >= 11 is 0. The van der Waals surface area contributed by atoms with Crippen molar-refractivity contribution in [3.63, 3.8) is 0 Å². The third kappa shape index (κ3) is 4.62. The van der Waals surface area contributed by atoms with Crippen LogP contribution < -0.4 is 5.56 Å². The van der Waals surface area contributed by atoms with E-state index in [4.69, 9.17) is 0 Å². The molecule has 1 aromatic carbocycles. The van der Waals surface area contributed by atoms with Gasteiger partial charge in [0.2, 0.25) is 5.91 Å². The maximum Gasteiger partial charge on any atom is 0.253 e. The molecule has 4 rings (SSSR count). The van der Waals surface area contributed by atoms with E-state index in [1.807, 2.05) is 40.3 Å². The monoisotopic (exact) mass is 448 g/mol. The number of likely N-dealkylation sites (tertiary alicyclic amines) is 1. The highest BCUT2D eigenvalue weighted by Crippen LogP contribution is 2.38. The summed E-state index contributed by atoms with van der Waals surface area (Å²) in [6.07, 6.45) is 4.07. The van der Waals surface area contributed by atoms with Crippen LogP contribution in [0, 0.1) is 6.92 Å². The number of pyridine rings is 1. The Labute approximate surface area is 196 Å². The van der Waals surface area contributed by atoms with Gasteiger partial charge in [0.05, 0.1) is 12.2 Å². The van der Waals surface area contributed by atoms with Crippen LogP contribution in [0.5, 0.6) is 0 Å². The summed E-state index contributed by atoms with van der Waals surface area (Å²) in [6.45, 7) is 8.75. The average molecular weight is 449 g/mol. The first-order chi connectivity index (χ1) is 15.7. The number of carbonyl (C=O) groups is 1. The van der Waals surface area contributed by atoms with Crippen LogP contribution in [0.15, 0.2) is 35.3 Å². The van der Waals surface area contributed by atoms with Gasteiger partial charge in [-0.3, -0.25) is 14.5 Å². The molecular formula is C27H36N4O2. The normalized spacial score (nSPS) is 15.5. The number of aromatic amines is 1. The molecule has 3 heterocycles. The lowest BCUT2D eigenvalue weighted by atomic mass is 9.87. The van der Waals surface area contributed by atoms with Gasteiger partial charge in [0.25, 0.3) is 5.56 Å². The number of piperidine rings is 1. The number of H-pyrrole nitrogens is 1. The fourth-order valence-electron chi connectivity index (χ4n) is 5.08. The SMILES string of the molecule is Cc1cc(-c2[nH]c3ccc(C4CCN(CC(=O)N(C)C)CC4)cc3c2C(C)C)cn(C)c1=O. The molecule has 1 saturated heterocycles. The zero-order valence-electron chi connectivity index (χ0n) is 20.7. The van der Waals surface area contributed by atoms with Crippen LogP contribution in [0.4, 0.5) is 0 Å². The third-order valence-electron chi connectivity index (χ3n) is 7.01. The first-order valence-electron chi connectivity index (χ1n) is 11.9. The number of carbonyl (C=O) groups excluding carboxylic acids is 1. The molecule has 0 spiro atoms. The molecule has 0 atom stereocenters. The largest absolute Gasteiger partial charge is 0.354 e. The van der Waals surface area contributed by atoms with Crippen molar-refractivity contribution in [2.75, 3.05) is 33.7 Å². The number of nitrogens with one attached hydrogen (secondary N) is 1. The molecule has 176 valence electrons. The van der Waals surface area contributed by atoms with Gasteiger partial charge < -0.3 is 14.5 Å². The van der Waals surface area contributed by atoms with Crippen molar-refractivity contribution in [1.82, 2.24) is 19.4 Å². The van der Waals surface area contributed by atoms with Gasteiger partial charge in [0, 0.05) is 49.4 Å². The van der Waals surface area contributed by atoms with Crippen LogP contribution >= 0.6 is 0 Å². The van der Waals surface area contributed by atoms with Crippen LogP contribution in [0.3, 0.4) is 0 Å². The van der Waals surface area contributed by atoms with E-state index in [-0.39, 0.29) is 11.5 Å². The maximum absolute atomic E-state index is 12.2. The first-order valence-corrected chi connectivity index (χ1v) is 11.9. The summed E-state index contributed by atoms with van der Waals surface area (Å²) in [4.78, 5) is 31.8. The standard InChI is InChI=1S/C27H36N4O2/c1-17(2)25-22-14-20(19-9-11-31(12-10-19)16-24(32)29(4)5)7-8-23(22)28-26(25)21-13-18(3)27(33)30(6)15-21/h7-8,13-15,17,19,28H,9-12,16H2,1-6H3. The second-order valence-electron chi connectivity index (χ2n) is 10.0. The van der Waals surface area contributed by atoms with Crippen molar-refractivity contribution in [1.29, 1.82) is 0 Å². The molecule has 0 radical (unpaired) electrons. The number of amides is 1. The van der Waals surface area contributed by atoms with E-state index >= 15 is 0 Å². The Kier molecular flexibility index (Phi) is 6.48. The Morgan fingerprint density at radius 1 is 1.18 bits per heavy atom. The fraction of sp³-hybridized carbons (Fsp3) is 0.481. The fourth-order valence-corrected chi connectivity index (χ4v) is 5.08. The molecule has 3 aromatic rings. The summed E-state index contributed by atoms with van der Waals surface area (Å²) in [7, 11) is 5.45. The minimum Gasteiger partial charge on any atom is -0.354 e. The van der Waals surface area contributed by atoms with Gasteiger partial charge in [-0.1, -0.05) is 19.9 Å². The van der Waals surface area contributed by atoms with Crippen molar-refractivity contribution in [3.8, 4) is 11.3 Å². The minimum absolute atomic E-state index is 0.0434. The molecule has 0 aliphatic carbocycles. The van der Waals surface area contributed by atoms with Gasteiger partial charge in [-0.15, -0.1) is 0 Å². The lowest BCUT2D eigenvalue weighted by molar-refractivity contribution is -0.130. The second-order valence-corrected chi connectivity index (χ2v) is 10.0. The number of benzene rings is 1. The first kappa shape index (κ1) is 23.3. The van der Waals surface area contributed by atoms with Crippen molar-refractivity contribution < 1.29 is 4.79 Å². The van der Waals surface area contributed by atoms with Crippen LogP contribution in [0.2, 0.25) is 0 Å². The number of hydrogen-bond donors (Lipinski definition) is 1. The Balaban J connectivity index is 1.64. The van der Waals surface area contributed by atoms with Crippen LogP contribution in [-0.4, -0.2) is 59.0 Å². The molecule has 6 nitrogen and oxygen atoms in total. The molecule has 33 heavy (non-hydrogen) atoms. The number of hydrogen-bond acceptors (Lipinski definition) is 3. The van der Waals surface area contributed by atoms with Crippen molar-refractivity contribution in [3.05, 3.63) is 57.5 Å². The Bertz CT molecular complexity index is 1200. The van der Waals surface area contributed by atoms with Crippen molar-refractivity contribution in [2.24, 2.45) is 7.05 Å². The van der Waals surface area contributed by atoms with Gasteiger partial charge in [-0.05, 0) is 74.0 Å². The van der Waals surface area contributed by atoms with Crippen molar-refractivity contribution in [2.45, 2.75) is 45.4 Å². The lowest BCUT2D eigenvalue weighted by Crippen LogP contribution is -2.40. The predicted octanol–water partition coefficient (Wildman–Crippen LogP) is 4.23. The van der Waals surface area contributed by atoms with E-state index < -0.39 is 0 Å². The molecular weight excluding hydrogens is 412 g/mol. The molecule has 2 aromatic heterocycles. The molecule has 0 unspecified atom stereocenters. The van der Waals surface area contributed by atoms with Gasteiger partial charge in [0.15, 0.2) is 0 Å². The number of nitrogens with zero attached hydrogens (tertiary/aromatic N) is 3. The Hall–Kier alpha value is -2.86. The van der Waals surface area contributed by atoms with Gasteiger partial charge in [-0.2, -0.15) is 0 Å². The molecule has 1 fully saturated rings. The van der Waals surface area contributed by atoms with E-state index in [2.05, 4.69) is 41.9 Å². The quantitative estimate of drug-likeness (QED) is 0.635. The summed E-state index contributed by atoms with van der Waals surface area (Å²) in [6, 6.07) is 8.82. The molecule has 1 aliphatic rings. The smallest absolute Gasteiger partial charge is 0.253 e. The highest BCUT2D eigenvalue weighted by Gasteiger charge is 2.24. The number of fused-ring (bicyclic) bond motifs is 1. The van der Waals surface area contributed by atoms with Crippen LogP contribution in [-0.2, 0) is 11.8 Å². The zero-order chi connectivity index (χ0) is 23.9. The minimum atomic E-state index is 0.0434. The molecule has 6 heteroatoms. The van der Waals surface area contributed by atoms with E-state index in [1.165, 1.54) is 16.5 Å². The average Bonchev–Trinajstić information content (AvgIpc) is 3.16. The molecule has 1 amide bonds. The van der Waals surface area contributed by atoms with Crippen LogP contribution in [0.25, 0.3) is 22.2 Å². The third-order valence-corrected chi connectivity index (χ3v) is 7.01. The number of likely N-dealkylation sites (N-methyl/N-ethyl adjacent to an activating group) is 1. The number of rotatable bonds is 5. The Morgan fingerprint density at radius 3 is 2.48 bits per heavy atom. The van der Waals surface area contributed by atoms with Crippen LogP contribution in [0.1, 0.15) is 55.2 Å². The van der Waals surface area contributed by atoms with E-state index in [0.717, 1.165) is 48.3 Å². The van der Waals surface area contributed by atoms with E-state index in [0.29, 0.717) is 18.4 Å². The second kappa shape index (κ2) is 9.18. The van der Waals surface area contributed by atoms with Crippen molar-refractivity contribution >= 4 is 16.8 Å². The number of aromatic nitrogens is 2. The summed E-state index contributed by atoms with van der Waals surface area (Å²) in [5, 5.41) is 1.27. The Morgan fingerprint density at radius 2 is 1.88 bits per heavy atom. The molecule has 0 bridgehead atoms. The molecule has 1 aliphatic heterocycles. The molecule has 0 saturated carbocycles. The number of aryl methyl sites for hydroxylation is 2. The summed E-state index contributed by atoms with van der Waals surface area (Å²) in [5.41, 5.74) is 6.77. The van der Waals surface area contributed by atoms with E-state index in [9.17, 15) is 9.59 Å². The maximum atomic E-state index is 12.2. The molecule has 1 N–H and O–H groups in total. The van der Waals surface area contributed by atoms with E-state index in [1.54, 1.807) is 9.47 Å². The van der Waals surface area contributed by atoms with Gasteiger partial charge in [-0.25, -0.2) is 0 Å². The van der Waals surface area contributed by atoms with Gasteiger partial charge in [0.1, 0.15) is 0 Å². The predicted molar refractivity (Wildman–Crippen MR) is 135 cm³/mol. The lowest BCUT2D eigenvalue weighted by Gasteiger charge is -2.32. The van der Waals surface area contributed by atoms with Gasteiger partial charge >= 0.3 is 0 Å². The topological polar surface area (TPSA) is 61.3 Å².